The molecule has 0 aliphatic rings. The molecule has 2 heterocycles. The summed E-state index contributed by atoms with van der Waals surface area (Å²) in [6.45, 7) is 4.34. The lowest BCUT2D eigenvalue weighted by atomic mass is 9.99. The third kappa shape index (κ3) is 4.06. The van der Waals surface area contributed by atoms with Gasteiger partial charge in [0, 0.05) is 17.7 Å². The second-order valence-electron chi connectivity index (χ2n) is 6.12. The van der Waals surface area contributed by atoms with Gasteiger partial charge in [0.2, 0.25) is 11.8 Å². The number of aryl methyl sites for hydroxylation is 2. The molecular weight excluding hydrogens is 344 g/mol. The molecule has 1 atom stereocenters. The maximum atomic E-state index is 13.2. The van der Waals surface area contributed by atoms with Crippen LogP contribution in [0, 0.1) is 13.8 Å². The number of carbonyl (C=O) groups is 1. The Bertz CT molecular complexity index is 918. The zero-order valence-electron chi connectivity index (χ0n) is 14.8. The molecule has 3 aromatic rings. The summed E-state index contributed by atoms with van der Waals surface area (Å²) >= 11 is 5.52. The Hall–Kier alpha value is -2.79. The molecule has 0 aliphatic carbocycles. The highest BCUT2D eigenvalue weighted by Crippen LogP contribution is 2.16. The Balaban J connectivity index is 1.96. The summed E-state index contributed by atoms with van der Waals surface area (Å²) in [5.41, 5.74) is 2.85. The van der Waals surface area contributed by atoms with Crippen molar-refractivity contribution in [2.75, 3.05) is 0 Å². The molecule has 0 amide bonds. The van der Waals surface area contributed by atoms with Crippen LogP contribution in [-0.4, -0.2) is 10.8 Å². The largest absolute Gasteiger partial charge is 0.758 e. The van der Waals surface area contributed by atoms with Gasteiger partial charge in [0.05, 0.1) is 12.8 Å². The van der Waals surface area contributed by atoms with Crippen molar-refractivity contribution in [1.82, 2.24) is 0 Å². The van der Waals surface area contributed by atoms with E-state index in [1.54, 1.807) is 16.9 Å². The summed E-state index contributed by atoms with van der Waals surface area (Å²) in [6.07, 6.45) is 5.26. The van der Waals surface area contributed by atoms with Crippen LogP contribution in [0.15, 0.2) is 76.6 Å². The van der Waals surface area contributed by atoms with Crippen LogP contribution in [0.25, 0.3) is 0 Å². The minimum Gasteiger partial charge on any atom is -0.758 e. The number of rotatable bonds is 6. The molecule has 5 heteroatoms. The number of hydrogen-bond acceptors (Lipinski definition) is 4. The summed E-state index contributed by atoms with van der Waals surface area (Å²) in [5, 5.41) is 0.334. The van der Waals surface area contributed by atoms with Gasteiger partial charge in [-0.15, -0.1) is 0 Å². The molecule has 0 bridgehead atoms. The highest BCUT2D eigenvalue weighted by molar-refractivity contribution is 7.77. The van der Waals surface area contributed by atoms with E-state index in [2.05, 4.69) is 4.99 Å². The molecule has 132 valence electrons. The van der Waals surface area contributed by atoms with Crippen molar-refractivity contribution >= 4 is 23.5 Å². The summed E-state index contributed by atoms with van der Waals surface area (Å²) in [6, 6.07) is 14.3. The van der Waals surface area contributed by atoms with Gasteiger partial charge in [0.1, 0.15) is 5.76 Å². The number of Topliss-reactive ketones (excluding diaryl/α,β-unsaturated/α-hetero) is 1. The van der Waals surface area contributed by atoms with Gasteiger partial charge < -0.3 is 22.0 Å². The van der Waals surface area contributed by atoms with Crippen LogP contribution in [0.4, 0.5) is 0 Å². The highest BCUT2D eigenvalue weighted by Gasteiger charge is 2.28. The number of hydrogen-bond donors (Lipinski definition) is 0. The van der Waals surface area contributed by atoms with Crippen molar-refractivity contribution in [3.8, 4) is 0 Å². The van der Waals surface area contributed by atoms with E-state index in [1.807, 2.05) is 68.7 Å². The van der Waals surface area contributed by atoms with Gasteiger partial charge >= 0.3 is 0 Å². The molecule has 0 N–H and O–H groups in total. The second kappa shape index (κ2) is 8.06. The average Bonchev–Trinajstić information content (AvgIpc) is 3.17. The van der Waals surface area contributed by atoms with Gasteiger partial charge in [-0.2, -0.15) is 4.57 Å². The SMILES string of the molecule is Cc1ccc(C(=O)[C@H](C([S-])=NCc2ccco2)[n+]2ccccc2)cc1C. The van der Waals surface area contributed by atoms with Gasteiger partial charge in [-0.25, -0.2) is 0 Å². The Morgan fingerprint density at radius 3 is 2.54 bits per heavy atom. The molecule has 0 saturated heterocycles. The molecule has 0 radical (unpaired) electrons. The van der Waals surface area contributed by atoms with Crippen molar-refractivity contribution in [1.29, 1.82) is 0 Å². The topological polar surface area (TPSA) is 46.5 Å². The monoisotopic (exact) mass is 364 g/mol. The molecule has 0 spiro atoms. The van der Waals surface area contributed by atoms with Gasteiger partial charge in [-0.05, 0) is 48.2 Å². The molecule has 0 fully saturated rings. The minimum absolute atomic E-state index is 0.0718. The molecule has 0 saturated carbocycles. The predicted octanol–water partition coefficient (Wildman–Crippen LogP) is 3.75. The lowest BCUT2D eigenvalue weighted by Crippen LogP contribution is -2.47. The number of pyridine rings is 1. The second-order valence-corrected chi connectivity index (χ2v) is 6.54. The van der Waals surface area contributed by atoms with Crippen molar-refractivity contribution in [3.63, 3.8) is 0 Å². The highest BCUT2D eigenvalue weighted by atomic mass is 32.1. The third-order valence-electron chi connectivity index (χ3n) is 4.28. The van der Waals surface area contributed by atoms with E-state index in [4.69, 9.17) is 17.0 Å². The predicted molar refractivity (Wildman–Crippen MR) is 103 cm³/mol. The minimum atomic E-state index is -0.664. The Labute approximate surface area is 158 Å². The number of carbonyl (C=O) groups excluding carboxylic acids is 1. The number of furan rings is 1. The average molecular weight is 364 g/mol. The Morgan fingerprint density at radius 2 is 1.88 bits per heavy atom. The van der Waals surface area contributed by atoms with Crippen molar-refractivity contribution in [2.24, 2.45) is 4.99 Å². The van der Waals surface area contributed by atoms with Gasteiger partial charge in [0.25, 0.3) is 0 Å². The van der Waals surface area contributed by atoms with Crippen LogP contribution in [-0.2, 0) is 19.2 Å². The van der Waals surface area contributed by atoms with Gasteiger partial charge in [-0.1, -0.05) is 18.2 Å². The van der Waals surface area contributed by atoms with E-state index in [0.717, 1.165) is 11.1 Å². The number of ketones is 1. The van der Waals surface area contributed by atoms with Gasteiger partial charge in [0.15, 0.2) is 12.4 Å². The first-order valence-electron chi connectivity index (χ1n) is 8.37. The van der Waals surface area contributed by atoms with E-state index in [9.17, 15) is 4.79 Å². The molecular formula is C21H20N2O2S. The van der Waals surface area contributed by atoms with Crippen LogP contribution in [0.3, 0.4) is 0 Å². The summed E-state index contributed by atoms with van der Waals surface area (Å²) in [7, 11) is 0. The van der Waals surface area contributed by atoms with Gasteiger partial charge in [-0.3, -0.25) is 4.79 Å². The van der Waals surface area contributed by atoms with Crippen LogP contribution in [0.2, 0.25) is 0 Å². The normalized spacial score (nSPS) is 12.8. The summed E-state index contributed by atoms with van der Waals surface area (Å²) < 4.78 is 7.10. The molecule has 26 heavy (non-hydrogen) atoms. The van der Waals surface area contributed by atoms with Crippen LogP contribution < -0.4 is 4.57 Å². The Morgan fingerprint density at radius 1 is 1.12 bits per heavy atom. The van der Waals surface area contributed by atoms with Crippen molar-refractivity contribution in [3.05, 3.63) is 89.6 Å². The first kappa shape index (κ1) is 18.0. The summed E-state index contributed by atoms with van der Waals surface area (Å²) in [5.74, 6) is 0.639. The fourth-order valence-corrected chi connectivity index (χ4v) is 2.95. The van der Waals surface area contributed by atoms with Crippen molar-refractivity contribution in [2.45, 2.75) is 26.4 Å². The maximum Gasteiger partial charge on any atom is 0.237 e. The first-order chi connectivity index (χ1) is 12.6. The first-order valence-corrected chi connectivity index (χ1v) is 8.78. The number of aromatic nitrogens is 1. The molecule has 1 aromatic carbocycles. The standard InChI is InChI=1S/C21H20N2O2S/c1-15-8-9-17(13-16(15)2)20(24)19(23-10-4-3-5-11-23)21(26)22-14-18-7-6-12-25-18/h3-13,19H,14H2,1-2H3/t19-/m1/s1. The van der Waals surface area contributed by atoms with Crippen molar-refractivity contribution < 1.29 is 13.8 Å². The quantitative estimate of drug-likeness (QED) is 0.220. The van der Waals surface area contributed by atoms with E-state index in [-0.39, 0.29) is 5.78 Å². The fraction of sp³-hybridized carbons (Fsp3) is 0.190. The molecule has 4 nitrogen and oxygen atoms in total. The van der Waals surface area contributed by atoms with E-state index >= 15 is 0 Å². The number of nitrogens with zero attached hydrogens (tertiary/aromatic N) is 2. The smallest absolute Gasteiger partial charge is 0.237 e. The molecule has 3 rings (SSSR count). The molecule has 2 aromatic heterocycles. The Kier molecular flexibility index (Phi) is 5.58. The molecule has 0 aliphatic heterocycles. The zero-order valence-corrected chi connectivity index (χ0v) is 15.6. The van der Waals surface area contributed by atoms with Crippen LogP contribution in [0.1, 0.15) is 33.3 Å². The summed E-state index contributed by atoms with van der Waals surface area (Å²) in [4.78, 5) is 17.6. The zero-order chi connectivity index (χ0) is 18.5. The van der Waals surface area contributed by atoms with E-state index in [1.165, 1.54) is 0 Å². The number of aliphatic imine (C=N–C) groups is 1. The third-order valence-corrected chi connectivity index (χ3v) is 4.63. The van der Waals surface area contributed by atoms with E-state index in [0.29, 0.717) is 22.9 Å². The number of benzene rings is 1. The fourth-order valence-electron chi connectivity index (χ4n) is 2.66. The maximum absolute atomic E-state index is 13.2. The lowest BCUT2D eigenvalue weighted by molar-refractivity contribution is -0.691. The van der Waals surface area contributed by atoms with E-state index < -0.39 is 6.04 Å². The van der Waals surface area contributed by atoms with Crippen LogP contribution in [0.5, 0.6) is 0 Å². The van der Waals surface area contributed by atoms with Crippen LogP contribution >= 0.6 is 0 Å². The molecule has 0 unspecified atom stereocenters. The lowest BCUT2D eigenvalue weighted by Gasteiger charge is -2.18.